The van der Waals surface area contributed by atoms with E-state index in [1.54, 1.807) is 30.3 Å². The number of carbonyl (C=O) groups excluding carboxylic acids is 1. The van der Waals surface area contributed by atoms with E-state index in [1.807, 2.05) is 0 Å². The van der Waals surface area contributed by atoms with Crippen molar-refractivity contribution >= 4 is 34.6 Å². The van der Waals surface area contributed by atoms with Crippen LogP contribution in [0.5, 0.6) is 0 Å². The van der Waals surface area contributed by atoms with Crippen LogP contribution in [0.4, 0.5) is 24.5 Å². The molecule has 0 saturated carbocycles. The zero-order valence-electron chi connectivity index (χ0n) is 13.3. The molecule has 2 rings (SSSR count). The topological polar surface area (TPSA) is 53.2 Å². The van der Waals surface area contributed by atoms with Crippen LogP contribution >= 0.6 is 12.2 Å². The number of alkyl halides is 3. The Morgan fingerprint density at radius 2 is 1.68 bits per heavy atom. The number of rotatable bonds is 4. The Labute approximate surface area is 148 Å². The van der Waals surface area contributed by atoms with Crippen molar-refractivity contribution in [1.29, 1.82) is 0 Å². The van der Waals surface area contributed by atoms with Crippen molar-refractivity contribution in [3.63, 3.8) is 0 Å². The van der Waals surface area contributed by atoms with E-state index in [0.717, 1.165) is 12.1 Å². The maximum absolute atomic E-state index is 12.7. The van der Waals surface area contributed by atoms with Gasteiger partial charge in [-0.1, -0.05) is 18.2 Å². The normalized spacial score (nSPS) is 10.9. The summed E-state index contributed by atoms with van der Waals surface area (Å²) in [7, 11) is 0. The molecule has 2 aromatic rings. The van der Waals surface area contributed by atoms with Gasteiger partial charge in [-0.3, -0.25) is 4.79 Å². The first-order valence-corrected chi connectivity index (χ1v) is 7.73. The third-order valence-corrected chi connectivity index (χ3v) is 3.39. The number of hydrogen-bond acceptors (Lipinski definition) is 2. The minimum Gasteiger partial charge on any atom is -0.358 e. The number of thiocarbonyl (C=S) groups is 1. The predicted octanol–water partition coefficient (Wildman–Crippen LogP) is 4.15. The zero-order chi connectivity index (χ0) is 18.4. The van der Waals surface area contributed by atoms with Crippen LogP contribution < -0.4 is 16.0 Å². The lowest BCUT2D eigenvalue weighted by molar-refractivity contribution is -0.137. The maximum Gasteiger partial charge on any atom is 0.416 e. The molecule has 3 N–H and O–H groups in total. The Balaban J connectivity index is 1.94. The highest BCUT2D eigenvalue weighted by atomic mass is 32.1. The van der Waals surface area contributed by atoms with E-state index in [0.29, 0.717) is 16.9 Å². The van der Waals surface area contributed by atoms with Crippen LogP contribution in [0.15, 0.2) is 48.5 Å². The van der Waals surface area contributed by atoms with E-state index in [-0.39, 0.29) is 17.6 Å². The van der Waals surface area contributed by atoms with Crippen molar-refractivity contribution in [1.82, 2.24) is 5.32 Å². The minimum absolute atomic E-state index is 0.154. The smallest absolute Gasteiger partial charge is 0.358 e. The molecule has 0 fully saturated rings. The fraction of sp³-hybridized carbons (Fsp3) is 0.176. The highest BCUT2D eigenvalue weighted by Gasteiger charge is 2.30. The first kappa shape index (κ1) is 18.7. The standard InChI is InChI=1S/C17H16F3N3OS/c1-11(24)22-14-6-3-7-15(9-14)23-16(25)21-10-12-4-2-5-13(8-12)17(18,19)20/h2-9H,10H2,1H3,(H,22,24)(H2,21,23,25). The second-order valence-corrected chi connectivity index (χ2v) is 5.68. The average molecular weight is 367 g/mol. The largest absolute Gasteiger partial charge is 0.416 e. The molecule has 8 heteroatoms. The number of nitrogens with one attached hydrogen (secondary N) is 3. The molecular formula is C17H16F3N3OS. The Morgan fingerprint density at radius 1 is 1.04 bits per heavy atom. The number of anilines is 2. The lowest BCUT2D eigenvalue weighted by atomic mass is 10.1. The number of amides is 1. The van der Waals surface area contributed by atoms with Crippen LogP contribution in [-0.2, 0) is 17.5 Å². The molecule has 2 aromatic carbocycles. The summed E-state index contributed by atoms with van der Waals surface area (Å²) in [6.07, 6.45) is -4.38. The summed E-state index contributed by atoms with van der Waals surface area (Å²) < 4.78 is 38.1. The van der Waals surface area contributed by atoms with Crippen LogP contribution in [0.25, 0.3) is 0 Å². The molecule has 132 valence electrons. The van der Waals surface area contributed by atoms with Gasteiger partial charge in [-0.15, -0.1) is 0 Å². The summed E-state index contributed by atoms with van der Waals surface area (Å²) in [5.41, 5.74) is 1.02. The monoisotopic (exact) mass is 367 g/mol. The second-order valence-electron chi connectivity index (χ2n) is 5.27. The van der Waals surface area contributed by atoms with Gasteiger partial charge in [0.15, 0.2) is 5.11 Å². The summed E-state index contributed by atoms with van der Waals surface area (Å²) in [6, 6.07) is 12.0. The highest BCUT2D eigenvalue weighted by molar-refractivity contribution is 7.80. The Hall–Kier alpha value is -2.61. The fourth-order valence-corrected chi connectivity index (χ4v) is 2.28. The average Bonchev–Trinajstić information content (AvgIpc) is 2.52. The van der Waals surface area contributed by atoms with Gasteiger partial charge in [0.2, 0.25) is 5.91 Å². The van der Waals surface area contributed by atoms with E-state index < -0.39 is 11.7 Å². The Bertz CT molecular complexity index is 778. The van der Waals surface area contributed by atoms with Crippen molar-refractivity contribution < 1.29 is 18.0 Å². The van der Waals surface area contributed by atoms with Crippen LogP contribution in [0.2, 0.25) is 0 Å². The first-order chi connectivity index (χ1) is 11.7. The van der Waals surface area contributed by atoms with Gasteiger partial charge < -0.3 is 16.0 Å². The second kappa shape index (κ2) is 7.98. The van der Waals surface area contributed by atoms with Gasteiger partial charge in [0.25, 0.3) is 0 Å². The van der Waals surface area contributed by atoms with Crippen molar-refractivity contribution in [2.45, 2.75) is 19.6 Å². The molecule has 0 heterocycles. The summed E-state index contributed by atoms with van der Waals surface area (Å²) in [4.78, 5) is 11.1. The summed E-state index contributed by atoms with van der Waals surface area (Å²) in [5.74, 6) is -0.192. The van der Waals surface area contributed by atoms with Gasteiger partial charge in [-0.05, 0) is 48.1 Å². The maximum atomic E-state index is 12.7. The first-order valence-electron chi connectivity index (χ1n) is 7.33. The summed E-state index contributed by atoms with van der Waals surface area (Å²) >= 11 is 5.14. The molecule has 1 amide bonds. The highest BCUT2D eigenvalue weighted by Crippen LogP contribution is 2.29. The van der Waals surface area contributed by atoms with Crippen molar-refractivity contribution in [2.24, 2.45) is 0 Å². The van der Waals surface area contributed by atoms with E-state index in [9.17, 15) is 18.0 Å². The van der Waals surface area contributed by atoms with Crippen LogP contribution in [0.3, 0.4) is 0 Å². The van der Waals surface area contributed by atoms with Gasteiger partial charge >= 0.3 is 6.18 Å². The van der Waals surface area contributed by atoms with Crippen LogP contribution in [-0.4, -0.2) is 11.0 Å². The van der Waals surface area contributed by atoms with Gasteiger partial charge in [0, 0.05) is 24.8 Å². The molecule has 0 bridgehead atoms. The predicted molar refractivity (Wildman–Crippen MR) is 95.3 cm³/mol. The van der Waals surface area contributed by atoms with Gasteiger partial charge in [-0.2, -0.15) is 13.2 Å². The molecule has 0 aliphatic heterocycles. The number of hydrogen-bond donors (Lipinski definition) is 3. The molecule has 0 aromatic heterocycles. The molecule has 0 saturated heterocycles. The number of carbonyl (C=O) groups is 1. The molecule has 0 aliphatic rings. The number of halogens is 3. The van der Waals surface area contributed by atoms with Gasteiger partial charge in [-0.25, -0.2) is 0 Å². The van der Waals surface area contributed by atoms with E-state index in [2.05, 4.69) is 16.0 Å². The van der Waals surface area contributed by atoms with E-state index in [4.69, 9.17) is 12.2 Å². The van der Waals surface area contributed by atoms with E-state index in [1.165, 1.54) is 13.0 Å². The van der Waals surface area contributed by atoms with Crippen LogP contribution in [0, 0.1) is 0 Å². The number of benzene rings is 2. The molecular weight excluding hydrogens is 351 g/mol. The zero-order valence-corrected chi connectivity index (χ0v) is 14.1. The van der Waals surface area contributed by atoms with Crippen molar-refractivity contribution in [2.75, 3.05) is 10.6 Å². The van der Waals surface area contributed by atoms with Crippen molar-refractivity contribution in [3.05, 3.63) is 59.7 Å². The van der Waals surface area contributed by atoms with Crippen LogP contribution in [0.1, 0.15) is 18.1 Å². The summed E-state index contributed by atoms with van der Waals surface area (Å²) in [6.45, 7) is 1.56. The summed E-state index contributed by atoms with van der Waals surface area (Å²) in [5, 5.41) is 8.68. The molecule has 0 spiro atoms. The molecule has 25 heavy (non-hydrogen) atoms. The lowest BCUT2D eigenvalue weighted by Gasteiger charge is -2.13. The molecule has 0 radical (unpaired) electrons. The molecule has 4 nitrogen and oxygen atoms in total. The van der Waals surface area contributed by atoms with E-state index >= 15 is 0 Å². The molecule has 0 unspecified atom stereocenters. The van der Waals surface area contributed by atoms with Gasteiger partial charge in [0.1, 0.15) is 0 Å². The quantitative estimate of drug-likeness (QED) is 0.711. The fourth-order valence-electron chi connectivity index (χ4n) is 2.09. The third-order valence-electron chi connectivity index (χ3n) is 3.15. The SMILES string of the molecule is CC(=O)Nc1cccc(NC(=S)NCc2cccc(C(F)(F)F)c2)c1. The third kappa shape index (κ3) is 6.07. The molecule has 0 aliphatic carbocycles. The Morgan fingerprint density at radius 3 is 2.32 bits per heavy atom. The van der Waals surface area contributed by atoms with Gasteiger partial charge in [0.05, 0.1) is 5.56 Å². The Kier molecular flexibility index (Phi) is 5.97. The lowest BCUT2D eigenvalue weighted by Crippen LogP contribution is -2.28. The minimum atomic E-state index is -4.38. The van der Waals surface area contributed by atoms with Crippen molar-refractivity contribution in [3.8, 4) is 0 Å². The molecule has 0 atom stereocenters.